The monoisotopic (exact) mass is 437 g/mol. The summed E-state index contributed by atoms with van der Waals surface area (Å²) < 4.78 is 39.4. The number of alkyl halides is 3. The van der Waals surface area contributed by atoms with Gasteiger partial charge in [0, 0.05) is 6.54 Å². The SMILES string of the molecule is CCN(CC(=O)Nc1ccccc1C(F)(F)F)Cc1ccc(-c2ccccc2C#N)cc1. The lowest BCUT2D eigenvalue weighted by Gasteiger charge is -2.21. The van der Waals surface area contributed by atoms with E-state index in [0.717, 1.165) is 22.8 Å². The number of likely N-dealkylation sites (N-methyl/N-ethyl adjacent to an activating group) is 1. The van der Waals surface area contributed by atoms with Crippen molar-refractivity contribution in [1.29, 1.82) is 5.26 Å². The van der Waals surface area contributed by atoms with E-state index in [1.54, 1.807) is 6.07 Å². The number of hydrogen-bond acceptors (Lipinski definition) is 3. The summed E-state index contributed by atoms with van der Waals surface area (Å²) >= 11 is 0. The third-order valence-corrected chi connectivity index (χ3v) is 5.04. The molecule has 0 aliphatic rings. The van der Waals surface area contributed by atoms with Gasteiger partial charge in [-0.3, -0.25) is 9.69 Å². The van der Waals surface area contributed by atoms with Gasteiger partial charge in [0.05, 0.1) is 29.4 Å². The molecule has 1 N–H and O–H groups in total. The molecule has 0 saturated carbocycles. The lowest BCUT2D eigenvalue weighted by Crippen LogP contribution is -2.33. The highest BCUT2D eigenvalue weighted by Gasteiger charge is 2.33. The molecule has 0 heterocycles. The third-order valence-electron chi connectivity index (χ3n) is 5.04. The zero-order chi connectivity index (χ0) is 23.1. The Balaban J connectivity index is 1.66. The second kappa shape index (κ2) is 10.1. The normalized spacial score (nSPS) is 11.2. The van der Waals surface area contributed by atoms with Gasteiger partial charge in [-0.25, -0.2) is 0 Å². The van der Waals surface area contributed by atoms with Crippen molar-refractivity contribution in [3.63, 3.8) is 0 Å². The number of nitrogens with one attached hydrogen (secondary N) is 1. The summed E-state index contributed by atoms with van der Waals surface area (Å²) in [5, 5.41) is 11.7. The van der Waals surface area contributed by atoms with Gasteiger partial charge in [0.25, 0.3) is 0 Å². The molecular formula is C25H22F3N3O. The Morgan fingerprint density at radius 3 is 2.31 bits per heavy atom. The van der Waals surface area contributed by atoms with Crippen molar-refractivity contribution in [2.24, 2.45) is 0 Å². The van der Waals surface area contributed by atoms with Crippen LogP contribution in [0.1, 0.15) is 23.6 Å². The maximum atomic E-state index is 13.1. The van der Waals surface area contributed by atoms with E-state index in [0.29, 0.717) is 18.7 Å². The lowest BCUT2D eigenvalue weighted by atomic mass is 9.99. The second-order valence-electron chi connectivity index (χ2n) is 7.25. The number of nitriles is 1. The number of para-hydroxylation sites is 1. The van der Waals surface area contributed by atoms with Crippen LogP contribution in [0.15, 0.2) is 72.8 Å². The van der Waals surface area contributed by atoms with E-state index in [9.17, 15) is 23.2 Å². The van der Waals surface area contributed by atoms with Crippen LogP contribution in [-0.4, -0.2) is 23.9 Å². The molecule has 3 aromatic rings. The van der Waals surface area contributed by atoms with Gasteiger partial charge in [0.15, 0.2) is 0 Å². The van der Waals surface area contributed by atoms with Crippen molar-refractivity contribution < 1.29 is 18.0 Å². The first-order chi connectivity index (χ1) is 15.3. The van der Waals surface area contributed by atoms with Gasteiger partial charge in [-0.2, -0.15) is 18.4 Å². The standard InChI is InChI=1S/C25H22F3N3O/c1-2-31(17-24(32)30-23-10-6-5-9-22(23)25(26,27)28)16-18-11-13-19(14-12-18)21-8-4-3-7-20(21)15-29/h3-14H,2,16-17H2,1H3,(H,30,32). The van der Waals surface area contributed by atoms with Crippen LogP contribution in [0.4, 0.5) is 18.9 Å². The van der Waals surface area contributed by atoms with Gasteiger partial charge < -0.3 is 5.32 Å². The second-order valence-corrected chi connectivity index (χ2v) is 7.25. The van der Waals surface area contributed by atoms with Crippen molar-refractivity contribution in [2.75, 3.05) is 18.4 Å². The highest BCUT2D eigenvalue weighted by atomic mass is 19.4. The van der Waals surface area contributed by atoms with Crippen LogP contribution in [-0.2, 0) is 17.5 Å². The van der Waals surface area contributed by atoms with E-state index in [1.165, 1.54) is 18.2 Å². The molecule has 164 valence electrons. The Labute approximate surface area is 184 Å². The predicted molar refractivity (Wildman–Crippen MR) is 118 cm³/mol. The number of carbonyl (C=O) groups is 1. The number of hydrogen-bond donors (Lipinski definition) is 1. The highest BCUT2D eigenvalue weighted by Crippen LogP contribution is 2.34. The van der Waals surface area contributed by atoms with Crippen LogP contribution < -0.4 is 5.32 Å². The van der Waals surface area contributed by atoms with Crippen LogP contribution in [0.5, 0.6) is 0 Å². The van der Waals surface area contributed by atoms with Crippen LogP contribution >= 0.6 is 0 Å². The maximum Gasteiger partial charge on any atom is 0.418 e. The molecule has 0 saturated heterocycles. The highest BCUT2D eigenvalue weighted by molar-refractivity contribution is 5.93. The van der Waals surface area contributed by atoms with E-state index in [1.807, 2.05) is 54.3 Å². The van der Waals surface area contributed by atoms with Crippen molar-refractivity contribution in [1.82, 2.24) is 4.90 Å². The summed E-state index contributed by atoms with van der Waals surface area (Å²) in [6, 6.07) is 22.1. The molecule has 0 aliphatic carbocycles. The molecule has 32 heavy (non-hydrogen) atoms. The molecule has 0 radical (unpaired) electrons. The summed E-state index contributed by atoms with van der Waals surface area (Å²) in [6.07, 6.45) is -4.54. The molecule has 1 amide bonds. The first-order valence-electron chi connectivity index (χ1n) is 10.1. The molecule has 0 bridgehead atoms. The van der Waals surface area contributed by atoms with E-state index in [4.69, 9.17) is 0 Å². The average molecular weight is 437 g/mol. The summed E-state index contributed by atoms with van der Waals surface area (Å²) in [5.41, 5.74) is 2.18. The molecule has 7 heteroatoms. The fourth-order valence-electron chi connectivity index (χ4n) is 3.39. The molecule has 0 unspecified atom stereocenters. The summed E-state index contributed by atoms with van der Waals surface area (Å²) in [7, 11) is 0. The average Bonchev–Trinajstić information content (AvgIpc) is 2.78. The summed E-state index contributed by atoms with van der Waals surface area (Å²) in [4.78, 5) is 14.2. The summed E-state index contributed by atoms with van der Waals surface area (Å²) in [5.74, 6) is -0.511. The van der Waals surface area contributed by atoms with Gasteiger partial charge in [0.2, 0.25) is 5.91 Å². The van der Waals surface area contributed by atoms with Crippen molar-refractivity contribution in [2.45, 2.75) is 19.6 Å². The molecular weight excluding hydrogens is 415 g/mol. The van der Waals surface area contributed by atoms with Crippen LogP contribution in [0.25, 0.3) is 11.1 Å². The zero-order valence-corrected chi connectivity index (χ0v) is 17.5. The van der Waals surface area contributed by atoms with E-state index < -0.39 is 17.6 Å². The minimum atomic E-state index is -4.54. The fourth-order valence-corrected chi connectivity index (χ4v) is 3.39. The quantitative estimate of drug-likeness (QED) is 0.516. The van der Waals surface area contributed by atoms with Gasteiger partial charge in [0.1, 0.15) is 0 Å². The van der Waals surface area contributed by atoms with Crippen molar-refractivity contribution >= 4 is 11.6 Å². The van der Waals surface area contributed by atoms with Crippen LogP contribution in [0.3, 0.4) is 0 Å². The Hall–Kier alpha value is -3.63. The number of anilines is 1. The van der Waals surface area contributed by atoms with E-state index in [-0.39, 0.29) is 12.2 Å². The number of halogens is 3. The van der Waals surface area contributed by atoms with Gasteiger partial charge in [-0.15, -0.1) is 0 Å². The smallest absolute Gasteiger partial charge is 0.324 e. The molecule has 0 atom stereocenters. The van der Waals surface area contributed by atoms with E-state index >= 15 is 0 Å². The van der Waals surface area contributed by atoms with E-state index in [2.05, 4.69) is 11.4 Å². The number of amides is 1. The first kappa shape index (κ1) is 23.0. The fraction of sp³-hybridized carbons (Fsp3) is 0.200. The Morgan fingerprint density at radius 2 is 1.66 bits per heavy atom. The lowest BCUT2D eigenvalue weighted by molar-refractivity contribution is -0.137. The third kappa shape index (κ3) is 5.74. The Morgan fingerprint density at radius 1 is 1.00 bits per heavy atom. The number of benzene rings is 3. The minimum absolute atomic E-state index is 0.0400. The van der Waals surface area contributed by atoms with Crippen LogP contribution in [0.2, 0.25) is 0 Å². The zero-order valence-electron chi connectivity index (χ0n) is 17.5. The molecule has 0 aliphatic heterocycles. The number of carbonyl (C=O) groups excluding carboxylic acids is 1. The Bertz CT molecular complexity index is 1120. The molecule has 3 aromatic carbocycles. The molecule has 0 aromatic heterocycles. The van der Waals surface area contributed by atoms with Gasteiger partial charge in [-0.05, 0) is 41.4 Å². The Kier molecular flexibility index (Phi) is 7.29. The van der Waals surface area contributed by atoms with Gasteiger partial charge >= 0.3 is 6.18 Å². The predicted octanol–water partition coefficient (Wildman–Crippen LogP) is 5.70. The van der Waals surface area contributed by atoms with Gasteiger partial charge in [-0.1, -0.05) is 61.5 Å². The first-order valence-corrected chi connectivity index (χ1v) is 10.1. The molecule has 0 spiro atoms. The molecule has 3 rings (SSSR count). The number of nitrogens with zero attached hydrogens (tertiary/aromatic N) is 2. The van der Waals surface area contributed by atoms with Crippen molar-refractivity contribution in [3.05, 3.63) is 89.5 Å². The summed E-state index contributed by atoms with van der Waals surface area (Å²) in [6.45, 7) is 2.86. The minimum Gasteiger partial charge on any atom is -0.324 e. The largest absolute Gasteiger partial charge is 0.418 e. The topological polar surface area (TPSA) is 56.1 Å². The van der Waals surface area contributed by atoms with Crippen LogP contribution in [0, 0.1) is 11.3 Å². The number of rotatable bonds is 7. The maximum absolute atomic E-state index is 13.1. The molecule has 4 nitrogen and oxygen atoms in total. The van der Waals surface area contributed by atoms with Crippen molar-refractivity contribution in [3.8, 4) is 17.2 Å². The molecule has 0 fully saturated rings.